The van der Waals surface area contributed by atoms with Crippen LogP contribution in [0, 0.1) is 0 Å². The summed E-state index contributed by atoms with van der Waals surface area (Å²) in [6.07, 6.45) is 2.36. The van der Waals surface area contributed by atoms with E-state index in [2.05, 4.69) is 9.97 Å². The van der Waals surface area contributed by atoms with E-state index in [1.54, 1.807) is 7.11 Å². The van der Waals surface area contributed by atoms with Crippen molar-refractivity contribution in [1.82, 2.24) is 9.97 Å². The van der Waals surface area contributed by atoms with Crippen LogP contribution in [0.2, 0.25) is 5.15 Å². The molecule has 3 rings (SSSR count). The Morgan fingerprint density at radius 2 is 2.12 bits per heavy atom. The molecule has 1 aliphatic carbocycles. The molecule has 3 nitrogen and oxygen atoms in total. The summed E-state index contributed by atoms with van der Waals surface area (Å²) >= 11 is 6.16. The highest BCUT2D eigenvalue weighted by Crippen LogP contribution is 2.39. The molecule has 0 spiro atoms. The second kappa shape index (κ2) is 3.59. The summed E-state index contributed by atoms with van der Waals surface area (Å²) in [5, 5.41) is 1.37. The Kier molecular flexibility index (Phi) is 2.21. The Bertz CT molecular complexity index is 552. The van der Waals surface area contributed by atoms with Crippen LogP contribution in [-0.4, -0.2) is 17.1 Å². The highest BCUT2D eigenvalue weighted by molar-refractivity contribution is 6.34. The van der Waals surface area contributed by atoms with Gasteiger partial charge in [0.1, 0.15) is 16.7 Å². The van der Waals surface area contributed by atoms with Crippen LogP contribution in [0.25, 0.3) is 10.9 Å². The highest BCUT2D eigenvalue weighted by atomic mass is 35.5. The van der Waals surface area contributed by atoms with Crippen LogP contribution in [0.15, 0.2) is 18.2 Å². The van der Waals surface area contributed by atoms with Crippen molar-refractivity contribution in [2.24, 2.45) is 0 Å². The fourth-order valence-electron chi connectivity index (χ4n) is 1.74. The Hall–Kier alpha value is -1.35. The molecule has 0 saturated heterocycles. The summed E-state index contributed by atoms with van der Waals surface area (Å²) in [4.78, 5) is 8.86. The van der Waals surface area contributed by atoms with E-state index >= 15 is 0 Å². The Morgan fingerprint density at radius 1 is 1.31 bits per heavy atom. The number of methoxy groups -OCH3 is 1. The SMILES string of the molecule is COc1ccc2nc(C3CC3)nc(Cl)c2c1. The molecular weight excluding hydrogens is 224 g/mol. The fraction of sp³-hybridized carbons (Fsp3) is 0.333. The van der Waals surface area contributed by atoms with Gasteiger partial charge in [0.15, 0.2) is 0 Å². The van der Waals surface area contributed by atoms with Gasteiger partial charge in [-0.25, -0.2) is 9.97 Å². The average molecular weight is 235 g/mol. The van der Waals surface area contributed by atoms with E-state index in [0.29, 0.717) is 11.1 Å². The molecule has 82 valence electrons. The van der Waals surface area contributed by atoms with E-state index in [-0.39, 0.29) is 0 Å². The van der Waals surface area contributed by atoms with E-state index in [1.165, 1.54) is 12.8 Å². The third-order valence-corrected chi connectivity index (χ3v) is 3.10. The summed E-state index contributed by atoms with van der Waals surface area (Å²) in [7, 11) is 1.63. The van der Waals surface area contributed by atoms with Crippen molar-refractivity contribution >= 4 is 22.5 Å². The first kappa shape index (κ1) is 9.85. The second-order valence-corrected chi connectivity index (χ2v) is 4.39. The molecule has 2 aromatic rings. The van der Waals surface area contributed by atoms with Crippen LogP contribution in [0.1, 0.15) is 24.6 Å². The van der Waals surface area contributed by atoms with E-state index in [0.717, 1.165) is 22.5 Å². The lowest BCUT2D eigenvalue weighted by molar-refractivity contribution is 0.415. The van der Waals surface area contributed by atoms with Gasteiger partial charge >= 0.3 is 0 Å². The van der Waals surface area contributed by atoms with Crippen molar-refractivity contribution in [2.75, 3.05) is 7.11 Å². The number of aromatic nitrogens is 2. The van der Waals surface area contributed by atoms with E-state index < -0.39 is 0 Å². The Morgan fingerprint density at radius 3 is 2.81 bits per heavy atom. The van der Waals surface area contributed by atoms with Gasteiger partial charge in [-0.2, -0.15) is 0 Å². The first-order chi connectivity index (χ1) is 7.78. The molecule has 4 heteroatoms. The summed E-state index contributed by atoms with van der Waals surface area (Å²) < 4.78 is 5.15. The van der Waals surface area contributed by atoms with Crippen LogP contribution in [0.3, 0.4) is 0 Å². The standard InChI is InChI=1S/C12H11ClN2O/c1-16-8-4-5-10-9(6-8)11(13)15-12(14-10)7-2-3-7/h4-7H,2-3H2,1H3. The molecule has 0 amide bonds. The van der Waals surface area contributed by atoms with Gasteiger partial charge in [-0.3, -0.25) is 0 Å². The molecule has 1 aliphatic rings. The molecule has 0 N–H and O–H groups in total. The number of ether oxygens (including phenoxy) is 1. The number of benzene rings is 1. The third-order valence-electron chi connectivity index (χ3n) is 2.82. The van der Waals surface area contributed by atoms with Gasteiger partial charge in [-0.15, -0.1) is 0 Å². The third kappa shape index (κ3) is 1.61. The lowest BCUT2D eigenvalue weighted by Gasteiger charge is -2.05. The number of fused-ring (bicyclic) bond motifs is 1. The maximum atomic E-state index is 6.16. The number of hydrogen-bond acceptors (Lipinski definition) is 3. The molecule has 16 heavy (non-hydrogen) atoms. The fourth-order valence-corrected chi connectivity index (χ4v) is 1.98. The zero-order valence-electron chi connectivity index (χ0n) is 8.90. The van der Waals surface area contributed by atoms with E-state index in [4.69, 9.17) is 16.3 Å². The largest absolute Gasteiger partial charge is 0.497 e. The molecule has 1 saturated carbocycles. The molecule has 1 heterocycles. The minimum absolute atomic E-state index is 0.518. The van der Waals surface area contributed by atoms with Crippen molar-refractivity contribution in [3.63, 3.8) is 0 Å². The van der Waals surface area contributed by atoms with Gasteiger partial charge in [0.2, 0.25) is 0 Å². The summed E-state index contributed by atoms with van der Waals surface area (Å²) in [5.41, 5.74) is 0.891. The van der Waals surface area contributed by atoms with Crippen LogP contribution in [0.4, 0.5) is 0 Å². The number of hydrogen-bond donors (Lipinski definition) is 0. The van der Waals surface area contributed by atoms with Gasteiger partial charge in [-0.1, -0.05) is 11.6 Å². The quantitative estimate of drug-likeness (QED) is 0.749. The van der Waals surface area contributed by atoms with Crippen molar-refractivity contribution in [2.45, 2.75) is 18.8 Å². The van der Waals surface area contributed by atoms with Crippen LogP contribution in [-0.2, 0) is 0 Å². The maximum absolute atomic E-state index is 6.16. The molecule has 0 atom stereocenters. The van der Waals surface area contributed by atoms with Crippen LogP contribution >= 0.6 is 11.6 Å². The molecule has 0 radical (unpaired) electrons. The number of halogens is 1. The van der Waals surface area contributed by atoms with Gasteiger partial charge < -0.3 is 4.74 Å². The first-order valence-corrected chi connectivity index (χ1v) is 5.67. The van der Waals surface area contributed by atoms with Crippen molar-refractivity contribution in [3.8, 4) is 5.75 Å². The predicted octanol–water partition coefficient (Wildman–Crippen LogP) is 3.17. The Labute approximate surface area is 98.4 Å². The minimum Gasteiger partial charge on any atom is -0.497 e. The summed E-state index contributed by atoms with van der Waals surface area (Å²) in [5.74, 6) is 2.17. The highest BCUT2D eigenvalue weighted by Gasteiger charge is 2.27. The molecule has 1 aromatic heterocycles. The van der Waals surface area contributed by atoms with E-state index in [9.17, 15) is 0 Å². The van der Waals surface area contributed by atoms with Gasteiger partial charge in [-0.05, 0) is 31.0 Å². The van der Waals surface area contributed by atoms with Crippen molar-refractivity contribution in [3.05, 3.63) is 29.2 Å². The van der Waals surface area contributed by atoms with Crippen molar-refractivity contribution in [1.29, 1.82) is 0 Å². The predicted molar refractivity (Wildman–Crippen MR) is 63.1 cm³/mol. The zero-order chi connectivity index (χ0) is 11.1. The molecular formula is C12H11ClN2O. The molecule has 1 aromatic carbocycles. The Balaban J connectivity index is 2.19. The normalized spacial score (nSPS) is 15.4. The van der Waals surface area contributed by atoms with Gasteiger partial charge in [0, 0.05) is 11.3 Å². The van der Waals surface area contributed by atoms with Gasteiger partial charge in [0.25, 0.3) is 0 Å². The van der Waals surface area contributed by atoms with Crippen LogP contribution in [0.5, 0.6) is 5.75 Å². The van der Waals surface area contributed by atoms with Crippen molar-refractivity contribution < 1.29 is 4.74 Å². The first-order valence-electron chi connectivity index (χ1n) is 5.29. The molecule has 1 fully saturated rings. The average Bonchev–Trinajstić information content (AvgIpc) is 3.12. The minimum atomic E-state index is 0.518. The number of nitrogens with zero attached hydrogens (tertiary/aromatic N) is 2. The molecule has 0 bridgehead atoms. The smallest absolute Gasteiger partial charge is 0.140 e. The summed E-state index contributed by atoms with van der Waals surface area (Å²) in [6.45, 7) is 0. The summed E-state index contributed by atoms with van der Waals surface area (Å²) in [6, 6.07) is 5.68. The van der Waals surface area contributed by atoms with Crippen LogP contribution < -0.4 is 4.74 Å². The lowest BCUT2D eigenvalue weighted by Crippen LogP contribution is -1.94. The maximum Gasteiger partial charge on any atom is 0.140 e. The number of rotatable bonds is 2. The lowest BCUT2D eigenvalue weighted by atomic mass is 10.2. The van der Waals surface area contributed by atoms with Gasteiger partial charge in [0.05, 0.1) is 12.6 Å². The zero-order valence-corrected chi connectivity index (χ0v) is 9.66. The van der Waals surface area contributed by atoms with E-state index in [1.807, 2.05) is 18.2 Å². The second-order valence-electron chi connectivity index (χ2n) is 4.03. The topological polar surface area (TPSA) is 35.0 Å². The molecule has 0 unspecified atom stereocenters. The molecule has 0 aliphatic heterocycles. The monoisotopic (exact) mass is 234 g/mol.